The van der Waals surface area contributed by atoms with Crippen molar-refractivity contribution in [2.24, 2.45) is 0 Å². The van der Waals surface area contributed by atoms with E-state index < -0.39 is 24.1 Å². The highest BCUT2D eigenvalue weighted by Crippen LogP contribution is 2.29. The minimum Gasteiger partial charge on any atom is -0.496 e. The molecule has 4 amide bonds. The van der Waals surface area contributed by atoms with Crippen LogP contribution >= 0.6 is 11.6 Å². The standard InChI is InChI=1S/C23H35ClN6O5/c1-5-29-10-11-30(22(29)32)9-8-28-7-6-18(20(14-28)35-23(33)27(2)3)26-21(31)15-12-16(24)17(25)13-19(15)34-4/h12-13,18,20H,5-11,14,25H2,1-4H3,(H,26,31)/t18-,20+/m1/s1. The summed E-state index contributed by atoms with van der Waals surface area (Å²) in [4.78, 5) is 45.0. The highest BCUT2D eigenvalue weighted by Gasteiger charge is 2.35. The lowest BCUT2D eigenvalue weighted by molar-refractivity contribution is 0.00707. The summed E-state index contributed by atoms with van der Waals surface area (Å²) in [6.07, 6.45) is -0.492. The van der Waals surface area contributed by atoms with Gasteiger partial charge in [-0.1, -0.05) is 11.6 Å². The van der Waals surface area contributed by atoms with Gasteiger partial charge < -0.3 is 35.2 Å². The summed E-state index contributed by atoms with van der Waals surface area (Å²) in [5.41, 5.74) is 6.39. The Bertz CT molecular complexity index is 945. The molecule has 0 spiro atoms. The summed E-state index contributed by atoms with van der Waals surface area (Å²) in [6, 6.07) is 2.62. The molecule has 2 aliphatic heterocycles. The average Bonchev–Trinajstić information content (AvgIpc) is 3.19. The van der Waals surface area contributed by atoms with Crippen LogP contribution in [0.5, 0.6) is 5.75 Å². The van der Waals surface area contributed by atoms with Crippen LogP contribution in [-0.2, 0) is 4.74 Å². The number of hydrogen-bond donors (Lipinski definition) is 2. The van der Waals surface area contributed by atoms with E-state index in [2.05, 4.69) is 10.2 Å². The molecule has 0 saturated carbocycles. The summed E-state index contributed by atoms with van der Waals surface area (Å²) >= 11 is 6.13. The second kappa shape index (κ2) is 11.7. The number of nitrogens with zero attached hydrogens (tertiary/aromatic N) is 4. The number of amides is 4. The molecule has 2 heterocycles. The Labute approximate surface area is 211 Å². The van der Waals surface area contributed by atoms with Gasteiger partial charge in [-0.15, -0.1) is 0 Å². The number of nitrogens with two attached hydrogens (primary N) is 1. The highest BCUT2D eigenvalue weighted by molar-refractivity contribution is 6.33. The monoisotopic (exact) mass is 510 g/mol. The summed E-state index contributed by atoms with van der Waals surface area (Å²) in [5.74, 6) is -0.0875. The van der Waals surface area contributed by atoms with Gasteiger partial charge in [0.1, 0.15) is 11.9 Å². The molecule has 2 fully saturated rings. The Morgan fingerprint density at radius 3 is 2.54 bits per heavy atom. The Hall–Kier alpha value is -2.92. The van der Waals surface area contributed by atoms with Crippen molar-refractivity contribution in [1.82, 2.24) is 24.9 Å². The van der Waals surface area contributed by atoms with Crippen LogP contribution in [0.25, 0.3) is 0 Å². The van der Waals surface area contributed by atoms with Crippen LogP contribution in [0.1, 0.15) is 23.7 Å². The van der Waals surface area contributed by atoms with Crippen LogP contribution in [0.15, 0.2) is 12.1 Å². The maximum atomic E-state index is 13.1. The molecule has 12 heteroatoms. The van der Waals surface area contributed by atoms with Gasteiger partial charge in [0.05, 0.1) is 29.4 Å². The number of carbonyl (C=O) groups excluding carboxylic acids is 3. The van der Waals surface area contributed by atoms with E-state index in [1.165, 1.54) is 24.1 Å². The third-order valence-corrected chi connectivity index (χ3v) is 6.72. The van der Waals surface area contributed by atoms with Gasteiger partial charge in [-0.2, -0.15) is 0 Å². The fraction of sp³-hybridized carbons (Fsp3) is 0.609. The predicted octanol–water partition coefficient (Wildman–Crippen LogP) is 1.56. The number of methoxy groups -OCH3 is 1. The maximum Gasteiger partial charge on any atom is 0.409 e. The zero-order valence-corrected chi connectivity index (χ0v) is 21.5. The largest absolute Gasteiger partial charge is 0.496 e. The Kier molecular flexibility index (Phi) is 8.90. The number of ether oxygens (including phenoxy) is 2. The number of anilines is 1. The summed E-state index contributed by atoms with van der Waals surface area (Å²) in [6.45, 7) is 6.49. The number of benzene rings is 1. The van der Waals surface area contributed by atoms with E-state index in [1.54, 1.807) is 14.1 Å². The highest BCUT2D eigenvalue weighted by atomic mass is 35.5. The van der Waals surface area contributed by atoms with Crippen molar-refractivity contribution in [3.05, 3.63) is 22.7 Å². The molecule has 0 aromatic heterocycles. The molecular formula is C23H35ClN6O5. The van der Waals surface area contributed by atoms with E-state index in [9.17, 15) is 14.4 Å². The molecule has 35 heavy (non-hydrogen) atoms. The topological polar surface area (TPSA) is 121 Å². The Morgan fingerprint density at radius 2 is 1.91 bits per heavy atom. The van der Waals surface area contributed by atoms with Crippen molar-refractivity contribution in [3.8, 4) is 5.75 Å². The number of halogens is 1. The van der Waals surface area contributed by atoms with E-state index in [4.69, 9.17) is 26.8 Å². The van der Waals surface area contributed by atoms with E-state index >= 15 is 0 Å². The molecule has 3 rings (SSSR count). The first-order valence-corrected chi connectivity index (χ1v) is 12.1. The van der Waals surface area contributed by atoms with E-state index in [0.29, 0.717) is 57.1 Å². The first-order valence-electron chi connectivity index (χ1n) is 11.7. The molecule has 0 unspecified atom stereocenters. The first-order chi connectivity index (χ1) is 16.6. The van der Waals surface area contributed by atoms with Gasteiger partial charge in [0, 0.05) is 66.0 Å². The van der Waals surface area contributed by atoms with Gasteiger partial charge in [0.25, 0.3) is 5.91 Å². The van der Waals surface area contributed by atoms with Crippen LogP contribution in [0, 0.1) is 0 Å². The maximum absolute atomic E-state index is 13.1. The molecule has 1 aromatic carbocycles. The van der Waals surface area contributed by atoms with Gasteiger partial charge in [-0.25, -0.2) is 9.59 Å². The van der Waals surface area contributed by atoms with Crippen molar-refractivity contribution in [1.29, 1.82) is 0 Å². The van der Waals surface area contributed by atoms with Crippen molar-refractivity contribution < 1.29 is 23.9 Å². The molecule has 0 bridgehead atoms. The van der Waals surface area contributed by atoms with Crippen LogP contribution < -0.4 is 15.8 Å². The number of carbonyl (C=O) groups is 3. The lowest BCUT2D eigenvalue weighted by Gasteiger charge is -2.39. The van der Waals surface area contributed by atoms with Gasteiger partial charge in [0.15, 0.2) is 0 Å². The Morgan fingerprint density at radius 1 is 1.20 bits per heavy atom. The number of nitrogens with one attached hydrogen (secondary N) is 1. The summed E-state index contributed by atoms with van der Waals surface area (Å²) in [5, 5.41) is 3.23. The number of nitrogen functional groups attached to an aromatic ring is 1. The molecule has 3 N–H and O–H groups in total. The summed E-state index contributed by atoms with van der Waals surface area (Å²) in [7, 11) is 4.66. The molecule has 1 aromatic rings. The second-order valence-electron chi connectivity index (χ2n) is 8.91. The van der Waals surface area contributed by atoms with E-state index in [1.807, 2.05) is 16.7 Å². The van der Waals surface area contributed by atoms with Crippen molar-refractivity contribution in [2.45, 2.75) is 25.5 Å². The number of urea groups is 1. The first kappa shape index (κ1) is 26.7. The lowest BCUT2D eigenvalue weighted by atomic mass is 10.0. The molecular weight excluding hydrogens is 476 g/mol. The quantitative estimate of drug-likeness (QED) is 0.509. The lowest BCUT2D eigenvalue weighted by Crippen LogP contribution is -2.57. The van der Waals surface area contributed by atoms with Gasteiger partial charge in [-0.3, -0.25) is 9.69 Å². The van der Waals surface area contributed by atoms with Crippen LogP contribution in [0.3, 0.4) is 0 Å². The molecule has 194 valence electrons. The van der Waals surface area contributed by atoms with Crippen molar-refractivity contribution >= 4 is 35.3 Å². The van der Waals surface area contributed by atoms with Gasteiger partial charge in [-0.05, 0) is 19.4 Å². The summed E-state index contributed by atoms with van der Waals surface area (Å²) < 4.78 is 11.0. The van der Waals surface area contributed by atoms with Crippen LogP contribution in [0.2, 0.25) is 5.02 Å². The average molecular weight is 511 g/mol. The zero-order chi connectivity index (χ0) is 25.7. The minimum absolute atomic E-state index is 0.0568. The molecule has 2 saturated heterocycles. The fourth-order valence-electron chi connectivity index (χ4n) is 4.26. The SMILES string of the molecule is CCN1CCN(CCN2CC[C@@H](NC(=O)c3cc(Cl)c(N)cc3OC)[C@@H](OC(=O)N(C)C)C2)C1=O. The van der Waals surface area contributed by atoms with Gasteiger partial charge >= 0.3 is 12.1 Å². The predicted molar refractivity (Wildman–Crippen MR) is 133 cm³/mol. The van der Waals surface area contributed by atoms with E-state index in [-0.39, 0.29) is 16.6 Å². The molecule has 11 nitrogen and oxygen atoms in total. The van der Waals surface area contributed by atoms with Crippen LogP contribution in [-0.4, -0.2) is 117 Å². The molecule has 0 aliphatic carbocycles. The number of likely N-dealkylation sites (tertiary alicyclic amines) is 1. The van der Waals surface area contributed by atoms with Crippen molar-refractivity contribution in [3.63, 3.8) is 0 Å². The van der Waals surface area contributed by atoms with E-state index in [0.717, 1.165) is 6.54 Å². The second-order valence-corrected chi connectivity index (χ2v) is 9.32. The number of piperidine rings is 1. The third kappa shape index (κ3) is 6.40. The van der Waals surface area contributed by atoms with Crippen LogP contribution in [0.4, 0.5) is 15.3 Å². The molecule has 2 atom stereocenters. The minimum atomic E-state index is -0.570. The Balaban J connectivity index is 1.67. The van der Waals surface area contributed by atoms with Gasteiger partial charge in [0.2, 0.25) is 0 Å². The molecule has 2 aliphatic rings. The normalized spacial score (nSPS) is 20.7. The number of hydrogen-bond acceptors (Lipinski definition) is 7. The third-order valence-electron chi connectivity index (χ3n) is 6.39. The van der Waals surface area contributed by atoms with Crippen molar-refractivity contribution in [2.75, 3.05) is 72.8 Å². The smallest absolute Gasteiger partial charge is 0.409 e. The number of rotatable bonds is 8. The number of likely N-dealkylation sites (N-methyl/N-ethyl adjacent to an activating group) is 1. The zero-order valence-electron chi connectivity index (χ0n) is 20.8. The fourth-order valence-corrected chi connectivity index (χ4v) is 4.42. The molecule has 0 radical (unpaired) electrons.